The van der Waals surface area contributed by atoms with Crippen LogP contribution in [0.3, 0.4) is 0 Å². The van der Waals surface area contributed by atoms with Gasteiger partial charge in [-0.3, -0.25) is 4.90 Å². The van der Waals surface area contributed by atoms with E-state index in [1.807, 2.05) is 6.92 Å². The van der Waals surface area contributed by atoms with Crippen LogP contribution in [0, 0.1) is 0 Å². The lowest BCUT2D eigenvalue weighted by atomic mass is 10.2. The number of hydrogen-bond acceptors (Lipinski definition) is 8. The Morgan fingerprint density at radius 1 is 1.16 bits per heavy atom. The van der Waals surface area contributed by atoms with Gasteiger partial charge < -0.3 is 24.2 Å². The number of benzene rings is 1. The molecule has 0 aliphatic heterocycles. The summed E-state index contributed by atoms with van der Waals surface area (Å²) < 4.78 is 43.6. The summed E-state index contributed by atoms with van der Waals surface area (Å²) in [5, 5.41) is 19.8. The minimum atomic E-state index is -4.59. The van der Waals surface area contributed by atoms with Crippen LogP contribution >= 0.6 is 0 Å². The molecule has 0 spiro atoms. The van der Waals surface area contributed by atoms with Crippen LogP contribution in [0.15, 0.2) is 24.3 Å². The molecule has 1 aromatic rings. The molecule has 2 atom stereocenters. The van der Waals surface area contributed by atoms with Gasteiger partial charge in [0.25, 0.3) is 0 Å². The minimum absolute atomic E-state index is 0.0616. The standard InChI is InChI=1S/C15H26N2O7S/c1-3-17(9-12(18)8-16-25(20,21)22)10-13(19)11-24-15-6-4-14(23-2)5-7-15/h4-7,12-13,16,18-19H,3,8-11H2,1-2H3,(H,20,21,22)/p-1. The smallest absolute Gasteiger partial charge is 0.159 e. The van der Waals surface area contributed by atoms with E-state index in [9.17, 15) is 23.2 Å². The first-order valence-corrected chi connectivity index (χ1v) is 9.20. The van der Waals surface area contributed by atoms with Crippen molar-refractivity contribution in [2.75, 3.05) is 39.9 Å². The predicted molar refractivity (Wildman–Crippen MR) is 90.3 cm³/mol. The normalized spacial score (nSPS) is 14.3. The molecule has 0 aromatic heterocycles. The van der Waals surface area contributed by atoms with E-state index < -0.39 is 22.5 Å². The molecule has 9 nitrogen and oxygen atoms in total. The van der Waals surface area contributed by atoms with Crippen molar-refractivity contribution < 1.29 is 32.7 Å². The summed E-state index contributed by atoms with van der Waals surface area (Å²) in [6.07, 6.45) is -1.86. The molecule has 0 amide bonds. The summed E-state index contributed by atoms with van der Waals surface area (Å²) in [4.78, 5) is 1.73. The second-order valence-electron chi connectivity index (χ2n) is 5.45. The maximum atomic E-state index is 10.5. The van der Waals surface area contributed by atoms with Crippen molar-refractivity contribution in [2.45, 2.75) is 19.1 Å². The van der Waals surface area contributed by atoms with Gasteiger partial charge in [-0.15, -0.1) is 0 Å². The van der Waals surface area contributed by atoms with Crippen LogP contribution in [0.2, 0.25) is 0 Å². The van der Waals surface area contributed by atoms with E-state index in [4.69, 9.17) is 9.47 Å². The molecule has 10 heteroatoms. The molecule has 0 radical (unpaired) electrons. The molecule has 0 fully saturated rings. The summed E-state index contributed by atoms with van der Waals surface area (Å²) in [6, 6.07) is 6.94. The molecule has 1 aromatic carbocycles. The monoisotopic (exact) mass is 377 g/mol. The number of nitrogens with one attached hydrogen (secondary N) is 1. The van der Waals surface area contributed by atoms with Crippen LogP contribution < -0.4 is 14.2 Å². The highest BCUT2D eigenvalue weighted by molar-refractivity contribution is 7.83. The summed E-state index contributed by atoms with van der Waals surface area (Å²) in [5.41, 5.74) is 0. The molecule has 3 N–H and O–H groups in total. The van der Waals surface area contributed by atoms with Gasteiger partial charge in [0.15, 0.2) is 10.3 Å². The maximum Gasteiger partial charge on any atom is 0.159 e. The molecular formula is C15H25N2O7S-. The maximum absolute atomic E-state index is 10.5. The number of rotatable bonds is 12. The van der Waals surface area contributed by atoms with Crippen LogP contribution in [0.1, 0.15) is 6.92 Å². The van der Waals surface area contributed by atoms with E-state index in [1.165, 1.54) is 0 Å². The summed E-state index contributed by atoms with van der Waals surface area (Å²) in [6.45, 7) is 2.39. The highest BCUT2D eigenvalue weighted by Crippen LogP contribution is 2.17. The van der Waals surface area contributed by atoms with Crippen LogP contribution in [0.5, 0.6) is 11.5 Å². The average Bonchev–Trinajstić information content (AvgIpc) is 2.57. The van der Waals surface area contributed by atoms with Gasteiger partial charge in [-0.25, -0.2) is 13.1 Å². The average molecular weight is 377 g/mol. The largest absolute Gasteiger partial charge is 0.735 e. The molecule has 0 aliphatic rings. The Hall–Kier alpha value is -1.43. The molecule has 0 aliphatic carbocycles. The lowest BCUT2D eigenvalue weighted by Crippen LogP contribution is -2.43. The Labute approximate surface area is 148 Å². The number of ether oxygens (including phenoxy) is 2. The molecule has 25 heavy (non-hydrogen) atoms. The van der Waals surface area contributed by atoms with E-state index in [0.29, 0.717) is 18.0 Å². The van der Waals surface area contributed by atoms with E-state index in [0.717, 1.165) is 0 Å². The second kappa shape index (κ2) is 10.5. The Morgan fingerprint density at radius 3 is 2.24 bits per heavy atom. The van der Waals surface area contributed by atoms with Crippen LogP contribution in [0.4, 0.5) is 0 Å². The van der Waals surface area contributed by atoms with Crippen LogP contribution in [-0.4, -0.2) is 80.2 Å². The zero-order chi connectivity index (χ0) is 18.9. The van der Waals surface area contributed by atoms with Gasteiger partial charge in [0.05, 0.1) is 13.2 Å². The van der Waals surface area contributed by atoms with E-state index in [2.05, 4.69) is 0 Å². The molecule has 0 saturated heterocycles. The Kier molecular flexibility index (Phi) is 9.11. The first-order chi connectivity index (χ1) is 11.7. The Bertz CT molecular complexity index is 594. The number of likely N-dealkylation sites (N-methyl/N-ethyl adjacent to an activating group) is 1. The van der Waals surface area contributed by atoms with Gasteiger partial charge in [0, 0.05) is 19.6 Å². The molecule has 0 heterocycles. The molecule has 2 unspecified atom stereocenters. The minimum Gasteiger partial charge on any atom is -0.735 e. The van der Waals surface area contributed by atoms with Gasteiger partial charge in [-0.1, -0.05) is 6.92 Å². The fourth-order valence-electron chi connectivity index (χ4n) is 2.11. The third-order valence-corrected chi connectivity index (χ3v) is 3.90. The first kappa shape index (κ1) is 21.6. The molecule has 144 valence electrons. The number of aliphatic hydroxyl groups excluding tert-OH is 2. The number of nitrogens with zero attached hydrogens (tertiary/aromatic N) is 1. The lowest BCUT2D eigenvalue weighted by Gasteiger charge is -2.26. The van der Waals surface area contributed by atoms with Crippen molar-refractivity contribution in [2.24, 2.45) is 0 Å². The van der Waals surface area contributed by atoms with Crippen molar-refractivity contribution in [3.8, 4) is 11.5 Å². The van der Waals surface area contributed by atoms with Gasteiger partial charge in [0.2, 0.25) is 0 Å². The van der Waals surface area contributed by atoms with Crippen LogP contribution in [0.25, 0.3) is 0 Å². The van der Waals surface area contributed by atoms with Gasteiger partial charge >= 0.3 is 0 Å². The van der Waals surface area contributed by atoms with Crippen molar-refractivity contribution in [3.63, 3.8) is 0 Å². The third kappa shape index (κ3) is 9.58. The summed E-state index contributed by atoms with van der Waals surface area (Å²) >= 11 is 0. The van der Waals surface area contributed by atoms with Gasteiger partial charge in [0.1, 0.15) is 24.2 Å². The quantitative estimate of drug-likeness (QED) is 0.402. The van der Waals surface area contributed by atoms with Crippen molar-refractivity contribution >= 4 is 10.3 Å². The fourth-order valence-corrected chi connectivity index (χ4v) is 2.51. The highest BCUT2D eigenvalue weighted by atomic mass is 32.2. The summed E-state index contributed by atoms with van der Waals surface area (Å²) in [5.74, 6) is 1.29. The van der Waals surface area contributed by atoms with Crippen molar-refractivity contribution in [1.82, 2.24) is 9.62 Å². The number of aliphatic hydroxyl groups is 2. The Morgan fingerprint density at radius 2 is 1.72 bits per heavy atom. The predicted octanol–water partition coefficient (Wildman–Crippen LogP) is -0.832. The van der Waals surface area contributed by atoms with E-state index in [-0.39, 0.29) is 26.2 Å². The van der Waals surface area contributed by atoms with Crippen molar-refractivity contribution in [1.29, 1.82) is 0 Å². The zero-order valence-electron chi connectivity index (χ0n) is 14.3. The lowest BCUT2D eigenvalue weighted by molar-refractivity contribution is 0.0487. The topological polar surface area (TPSA) is 131 Å². The number of hydrogen-bond donors (Lipinski definition) is 3. The molecular weight excluding hydrogens is 352 g/mol. The SMILES string of the molecule is CCN(CC(O)CNS(=O)(=O)[O-])CC(O)COc1ccc(OC)cc1. The summed E-state index contributed by atoms with van der Waals surface area (Å²) in [7, 11) is -3.02. The van der Waals surface area contributed by atoms with E-state index >= 15 is 0 Å². The number of methoxy groups -OCH3 is 1. The van der Waals surface area contributed by atoms with E-state index in [1.54, 1.807) is 41.0 Å². The highest BCUT2D eigenvalue weighted by Gasteiger charge is 2.15. The third-order valence-electron chi connectivity index (χ3n) is 3.38. The molecule has 0 saturated carbocycles. The van der Waals surface area contributed by atoms with Crippen LogP contribution in [-0.2, 0) is 10.3 Å². The fraction of sp³-hybridized carbons (Fsp3) is 0.600. The first-order valence-electron chi connectivity index (χ1n) is 7.79. The van der Waals surface area contributed by atoms with Gasteiger partial charge in [-0.05, 0) is 30.8 Å². The zero-order valence-corrected chi connectivity index (χ0v) is 15.1. The van der Waals surface area contributed by atoms with Gasteiger partial charge in [-0.2, -0.15) is 0 Å². The molecule has 0 bridgehead atoms. The second-order valence-corrected chi connectivity index (χ2v) is 6.65. The Balaban J connectivity index is 2.37. The molecule has 1 rings (SSSR count). The van der Waals surface area contributed by atoms with Crippen molar-refractivity contribution in [3.05, 3.63) is 24.3 Å².